The largest absolute Gasteiger partial charge is 0.442 e. The van der Waals surface area contributed by atoms with Gasteiger partial charge in [0.25, 0.3) is 11.5 Å². The van der Waals surface area contributed by atoms with Gasteiger partial charge in [-0.2, -0.15) is 5.10 Å². The smallest absolute Gasteiger partial charge is 0.265 e. The van der Waals surface area contributed by atoms with Crippen LogP contribution < -0.4 is 10.9 Å². The number of benzene rings is 1. The van der Waals surface area contributed by atoms with E-state index in [-0.39, 0.29) is 28.1 Å². The summed E-state index contributed by atoms with van der Waals surface area (Å²) in [5.41, 5.74) is 1.04. The molecule has 1 amide bonds. The van der Waals surface area contributed by atoms with Crippen LogP contribution >= 0.6 is 11.6 Å². The average molecular weight is 400 g/mol. The predicted octanol–water partition coefficient (Wildman–Crippen LogP) is 2.66. The highest BCUT2D eigenvalue weighted by Gasteiger charge is 2.22. The van der Waals surface area contributed by atoms with Crippen molar-refractivity contribution in [3.8, 4) is 0 Å². The summed E-state index contributed by atoms with van der Waals surface area (Å²) >= 11 is 6.05. The second-order valence-corrected chi connectivity index (χ2v) is 6.99. The molecule has 0 saturated heterocycles. The number of carbonyl (C=O) groups excluding carboxylic acids is 1. The van der Waals surface area contributed by atoms with Crippen molar-refractivity contribution in [3.63, 3.8) is 0 Å². The topological polar surface area (TPSA) is 95.0 Å². The molecular formula is C19H18ClN5O3. The number of amides is 1. The first-order valence-corrected chi connectivity index (χ1v) is 9.17. The second kappa shape index (κ2) is 7.12. The van der Waals surface area contributed by atoms with Crippen LogP contribution in [0.3, 0.4) is 0 Å². The number of nitrogens with one attached hydrogen (secondary N) is 1. The van der Waals surface area contributed by atoms with Crippen molar-refractivity contribution in [3.05, 3.63) is 57.4 Å². The van der Waals surface area contributed by atoms with Crippen molar-refractivity contribution in [2.24, 2.45) is 7.05 Å². The van der Waals surface area contributed by atoms with E-state index in [2.05, 4.69) is 15.4 Å². The van der Waals surface area contributed by atoms with Crippen LogP contribution in [0.15, 0.2) is 39.9 Å². The number of hydrogen-bond acceptors (Lipinski definition) is 5. The molecule has 9 heteroatoms. The molecule has 0 spiro atoms. The normalized spacial score (nSPS) is 11.4. The van der Waals surface area contributed by atoms with Crippen LogP contribution in [0.25, 0.3) is 22.0 Å². The third kappa shape index (κ3) is 3.16. The third-order valence-corrected chi connectivity index (χ3v) is 4.85. The van der Waals surface area contributed by atoms with E-state index in [0.717, 1.165) is 10.9 Å². The molecule has 0 atom stereocenters. The van der Waals surface area contributed by atoms with Crippen molar-refractivity contribution in [2.75, 3.05) is 6.54 Å². The number of nitrogens with zero attached hydrogens (tertiary/aromatic N) is 4. The quantitative estimate of drug-likeness (QED) is 0.520. The van der Waals surface area contributed by atoms with Gasteiger partial charge in [-0.15, -0.1) is 0 Å². The Hall–Kier alpha value is -3.13. The minimum absolute atomic E-state index is 0.172. The maximum absolute atomic E-state index is 12.6. The van der Waals surface area contributed by atoms with Crippen LogP contribution in [0.2, 0.25) is 5.02 Å². The van der Waals surface area contributed by atoms with Crippen molar-refractivity contribution in [2.45, 2.75) is 19.9 Å². The molecule has 3 aromatic heterocycles. The van der Waals surface area contributed by atoms with Gasteiger partial charge in [0.05, 0.1) is 17.3 Å². The summed E-state index contributed by atoms with van der Waals surface area (Å²) in [5.74, 6) is 0.0192. The van der Waals surface area contributed by atoms with Gasteiger partial charge in [0.1, 0.15) is 17.5 Å². The van der Waals surface area contributed by atoms with Crippen molar-refractivity contribution in [1.29, 1.82) is 0 Å². The van der Waals surface area contributed by atoms with E-state index in [9.17, 15) is 9.59 Å². The summed E-state index contributed by atoms with van der Waals surface area (Å²) in [5, 5.41) is 9.07. The van der Waals surface area contributed by atoms with Gasteiger partial charge in [-0.3, -0.25) is 14.3 Å². The van der Waals surface area contributed by atoms with Gasteiger partial charge >= 0.3 is 0 Å². The SMILES string of the molecule is Cc1oc2ncn(C)c(=O)c2c1C(=O)NCCCn1ncc2ccc(Cl)cc21. The van der Waals surface area contributed by atoms with Gasteiger partial charge in [0, 0.05) is 30.5 Å². The van der Waals surface area contributed by atoms with Crippen LogP contribution in [0, 0.1) is 6.92 Å². The molecule has 4 rings (SSSR count). The minimum atomic E-state index is -0.352. The number of rotatable bonds is 5. The van der Waals surface area contributed by atoms with E-state index in [1.54, 1.807) is 20.2 Å². The van der Waals surface area contributed by atoms with E-state index in [0.29, 0.717) is 30.3 Å². The molecule has 0 aliphatic heterocycles. The zero-order valence-electron chi connectivity index (χ0n) is 15.4. The second-order valence-electron chi connectivity index (χ2n) is 6.55. The molecule has 0 aliphatic carbocycles. The summed E-state index contributed by atoms with van der Waals surface area (Å²) in [6.07, 6.45) is 3.82. The lowest BCUT2D eigenvalue weighted by atomic mass is 10.1. The van der Waals surface area contributed by atoms with Crippen LogP contribution in [0.5, 0.6) is 0 Å². The molecule has 3 heterocycles. The van der Waals surface area contributed by atoms with E-state index in [1.807, 2.05) is 22.9 Å². The molecule has 0 fully saturated rings. The molecule has 0 bridgehead atoms. The lowest BCUT2D eigenvalue weighted by Crippen LogP contribution is -2.27. The zero-order valence-corrected chi connectivity index (χ0v) is 16.2. The Morgan fingerprint density at radius 2 is 2.18 bits per heavy atom. The molecule has 4 aromatic rings. The van der Waals surface area contributed by atoms with Crippen LogP contribution in [0.4, 0.5) is 0 Å². The summed E-state index contributed by atoms with van der Waals surface area (Å²) < 4.78 is 8.64. The molecule has 8 nitrogen and oxygen atoms in total. The number of furan rings is 1. The summed E-state index contributed by atoms with van der Waals surface area (Å²) in [4.78, 5) is 29.1. The first-order valence-electron chi connectivity index (χ1n) is 8.79. The first-order chi connectivity index (χ1) is 13.5. The van der Waals surface area contributed by atoms with Crippen molar-refractivity contribution >= 4 is 39.5 Å². The highest BCUT2D eigenvalue weighted by molar-refractivity contribution is 6.31. The Morgan fingerprint density at radius 3 is 3.00 bits per heavy atom. The van der Waals surface area contributed by atoms with Crippen molar-refractivity contribution < 1.29 is 9.21 Å². The average Bonchev–Trinajstić information content (AvgIpc) is 3.22. The van der Waals surface area contributed by atoms with Gasteiger partial charge < -0.3 is 14.3 Å². The third-order valence-electron chi connectivity index (χ3n) is 4.61. The minimum Gasteiger partial charge on any atom is -0.442 e. The Morgan fingerprint density at radius 1 is 1.36 bits per heavy atom. The Labute approximate surface area is 164 Å². The molecule has 1 N–H and O–H groups in total. The van der Waals surface area contributed by atoms with E-state index in [4.69, 9.17) is 16.0 Å². The van der Waals surface area contributed by atoms with Crippen LogP contribution in [0.1, 0.15) is 22.5 Å². The van der Waals surface area contributed by atoms with Gasteiger partial charge in [0.15, 0.2) is 0 Å². The lowest BCUT2D eigenvalue weighted by molar-refractivity contribution is 0.0952. The molecule has 1 aromatic carbocycles. The number of halogens is 1. The Balaban J connectivity index is 1.46. The molecule has 0 saturated carbocycles. The van der Waals surface area contributed by atoms with E-state index < -0.39 is 0 Å². The van der Waals surface area contributed by atoms with Crippen LogP contribution in [-0.2, 0) is 13.6 Å². The highest BCUT2D eigenvalue weighted by Crippen LogP contribution is 2.21. The molecule has 0 aliphatic rings. The summed E-state index contributed by atoms with van der Waals surface area (Å²) in [7, 11) is 1.58. The monoisotopic (exact) mass is 399 g/mol. The number of fused-ring (bicyclic) bond motifs is 2. The fraction of sp³-hybridized carbons (Fsp3) is 0.263. The molecular weight excluding hydrogens is 382 g/mol. The van der Waals surface area contributed by atoms with Gasteiger partial charge in [-0.25, -0.2) is 4.98 Å². The van der Waals surface area contributed by atoms with Gasteiger partial charge in [0.2, 0.25) is 5.71 Å². The first kappa shape index (κ1) is 18.2. The predicted molar refractivity (Wildman–Crippen MR) is 106 cm³/mol. The zero-order chi connectivity index (χ0) is 19.8. The lowest BCUT2D eigenvalue weighted by Gasteiger charge is -2.06. The fourth-order valence-electron chi connectivity index (χ4n) is 3.20. The van der Waals surface area contributed by atoms with Crippen molar-refractivity contribution in [1.82, 2.24) is 24.6 Å². The molecule has 0 radical (unpaired) electrons. The van der Waals surface area contributed by atoms with Gasteiger partial charge in [-0.1, -0.05) is 11.6 Å². The number of carbonyl (C=O) groups is 1. The fourth-order valence-corrected chi connectivity index (χ4v) is 3.37. The Kier molecular flexibility index (Phi) is 4.64. The number of hydrogen-bond donors (Lipinski definition) is 1. The molecule has 28 heavy (non-hydrogen) atoms. The number of aryl methyl sites for hydroxylation is 3. The van der Waals surface area contributed by atoms with Crippen LogP contribution in [-0.4, -0.2) is 31.8 Å². The molecule has 0 unspecified atom stereocenters. The van der Waals surface area contributed by atoms with E-state index >= 15 is 0 Å². The Bertz CT molecular complexity index is 1250. The molecule has 144 valence electrons. The summed E-state index contributed by atoms with van der Waals surface area (Å²) in [6.45, 7) is 2.70. The standard InChI is InChI=1S/C19H18ClN5O3/c1-11-15(16-18(28-11)22-10-24(2)19(16)27)17(26)21-6-3-7-25-14-8-13(20)5-4-12(14)9-23-25/h4-5,8-10H,3,6-7H2,1-2H3,(H,21,26). The highest BCUT2D eigenvalue weighted by atomic mass is 35.5. The maximum Gasteiger partial charge on any atom is 0.265 e. The summed E-state index contributed by atoms with van der Waals surface area (Å²) in [6, 6.07) is 5.61. The number of aromatic nitrogens is 4. The maximum atomic E-state index is 12.6. The van der Waals surface area contributed by atoms with E-state index in [1.165, 1.54) is 10.9 Å². The van der Waals surface area contributed by atoms with Gasteiger partial charge in [-0.05, 0) is 31.5 Å².